The Morgan fingerprint density at radius 3 is 2.24 bits per heavy atom. The molecule has 2 atom stereocenters. The molecular formula is C34H41N3O. The van der Waals surface area contributed by atoms with Crippen LogP contribution in [0.5, 0.6) is 5.75 Å². The Labute approximate surface area is 228 Å². The fourth-order valence-corrected chi connectivity index (χ4v) is 5.36. The summed E-state index contributed by atoms with van der Waals surface area (Å²) >= 11 is 0. The molecule has 2 aliphatic rings. The van der Waals surface area contributed by atoms with Gasteiger partial charge in [0, 0.05) is 11.1 Å². The SMILES string of the molecule is CC1CCCCCC(C2=C\C=C/C=C\C=C(c3cc(-c4ccccc4O)nnc3N)/C=C\C=C2)CCCC1. The van der Waals surface area contributed by atoms with Gasteiger partial charge in [-0.15, -0.1) is 10.2 Å². The van der Waals surface area contributed by atoms with Gasteiger partial charge in [0.05, 0.1) is 5.69 Å². The van der Waals surface area contributed by atoms with Gasteiger partial charge in [-0.1, -0.05) is 125 Å². The zero-order chi connectivity index (χ0) is 26.6. The molecule has 4 rings (SSSR count). The Balaban J connectivity index is 1.57. The number of allylic oxidation sites excluding steroid dienone is 12. The lowest BCUT2D eigenvalue weighted by atomic mass is 9.87. The highest BCUT2D eigenvalue weighted by Gasteiger charge is 2.14. The van der Waals surface area contributed by atoms with E-state index >= 15 is 0 Å². The fraction of sp³-hybridized carbons (Fsp3) is 0.353. The molecule has 2 aromatic rings. The van der Waals surface area contributed by atoms with Crippen LogP contribution in [0.15, 0.2) is 96.7 Å². The van der Waals surface area contributed by atoms with Crippen LogP contribution in [0, 0.1) is 11.8 Å². The van der Waals surface area contributed by atoms with E-state index in [1.54, 1.807) is 12.1 Å². The van der Waals surface area contributed by atoms with Crippen molar-refractivity contribution in [3.63, 3.8) is 0 Å². The minimum atomic E-state index is 0.165. The predicted molar refractivity (Wildman–Crippen MR) is 160 cm³/mol. The van der Waals surface area contributed by atoms with Gasteiger partial charge in [-0.25, -0.2) is 0 Å². The zero-order valence-corrected chi connectivity index (χ0v) is 22.6. The maximum absolute atomic E-state index is 10.3. The summed E-state index contributed by atoms with van der Waals surface area (Å²) < 4.78 is 0. The van der Waals surface area contributed by atoms with Crippen molar-refractivity contribution in [3.8, 4) is 17.0 Å². The van der Waals surface area contributed by atoms with E-state index in [9.17, 15) is 5.11 Å². The van der Waals surface area contributed by atoms with Gasteiger partial charge in [0.25, 0.3) is 0 Å². The normalized spacial score (nSPS) is 25.4. The lowest BCUT2D eigenvalue weighted by molar-refractivity contribution is 0.444. The molecule has 2 unspecified atom stereocenters. The molecule has 0 saturated heterocycles. The number of aromatic nitrogens is 2. The minimum absolute atomic E-state index is 0.165. The molecule has 0 bridgehead atoms. The van der Waals surface area contributed by atoms with Crippen LogP contribution in [0.4, 0.5) is 5.82 Å². The topological polar surface area (TPSA) is 72.0 Å². The van der Waals surface area contributed by atoms with Crippen LogP contribution in [0.1, 0.15) is 70.3 Å². The highest BCUT2D eigenvalue weighted by Crippen LogP contribution is 2.32. The number of anilines is 1. The van der Waals surface area contributed by atoms with E-state index in [0.717, 1.165) is 17.1 Å². The molecule has 4 nitrogen and oxygen atoms in total. The van der Waals surface area contributed by atoms with Crippen LogP contribution in [0.25, 0.3) is 16.8 Å². The first-order valence-electron chi connectivity index (χ1n) is 14.1. The van der Waals surface area contributed by atoms with Gasteiger partial charge in [-0.05, 0) is 54.0 Å². The first-order chi connectivity index (χ1) is 18.6. The Morgan fingerprint density at radius 1 is 0.737 bits per heavy atom. The molecule has 1 saturated carbocycles. The Kier molecular flexibility index (Phi) is 10.3. The maximum Gasteiger partial charge on any atom is 0.154 e. The van der Waals surface area contributed by atoms with Crippen LogP contribution in [-0.4, -0.2) is 15.3 Å². The molecule has 38 heavy (non-hydrogen) atoms. The van der Waals surface area contributed by atoms with Gasteiger partial charge in [0.15, 0.2) is 5.82 Å². The van der Waals surface area contributed by atoms with E-state index in [2.05, 4.69) is 59.7 Å². The molecule has 2 aliphatic carbocycles. The van der Waals surface area contributed by atoms with E-state index in [0.29, 0.717) is 23.0 Å². The van der Waals surface area contributed by atoms with Crippen molar-refractivity contribution >= 4 is 11.4 Å². The van der Waals surface area contributed by atoms with Crippen molar-refractivity contribution in [1.29, 1.82) is 0 Å². The summed E-state index contributed by atoms with van der Waals surface area (Å²) in [7, 11) is 0. The van der Waals surface area contributed by atoms with E-state index in [-0.39, 0.29) is 5.75 Å². The molecule has 1 aromatic heterocycles. The Bertz CT molecular complexity index is 1250. The number of rotatable bonds is 3. The third kappa shape index (κ3) is 7.92. The maximum atomic E-state index is 10.3. The molecule has 1 heterocycles. The Hall–Kier alpha value is -3.66. The molecular weight excluding hydrogens is 466 g/mol. The van der Waals surface area contributed by atoms with Gasteiger partial charge < -0.3 is 10.8 Å². The van der Waals surface area contributed by atoms with Gasteiger partial charge in [0.1, 0.15) is 5.75 Å². The molecule has 3 N–H and O–H groups in total. The summed E-state index contributed by atoms with van der Waals surface area (Å²) in [6.07, 6.45) is 33.1. The summed E-state index contributed by atoms with van der Waals surface area (Å²) in [4.78, 5) is 0. The number of benzene rings is 1. The average molecular weight is 508 g/mol. The highest BCUT2D eigenvalue weighted by molar-refractivity contribution is 5.83. The first-order valence-corrected chi connectivity index (χ1v) is 14.1. The fourth-order valence-electron chi connectivity index (χ4n) is 5.36. The van der Waals surface area contributed by atoms with Gasteiger partial charge in [0.2, 0.25) is 0 Å². The molecule has 0 radical (unpaired) electrons. The molecule has 4 heteroatoms. The van der Waals surface area contributed by atoms with Crippen molar-refractivity contribution in [1.82, 2.24) is 10.2 Å². The summed E-state index contributed by atoms with van der Waals surface area (Å²) in [5.41, 5.74) is 10.6. The van der Waals surface area contributed by atoms with Crippen LogP contribution in [0.3, 0.4) is 0 Å². The van der Waals surface area contributed by atoms with Crippen molar-refractivity contribution in [3.05, 3.63) is 102 Å². The number of para-hydroxylation sites is 1. The highest BCUT2D eigenvalue weighted by atomic mass is 16.3. The first kappa shape index (κ1) is 27.4. The van der Waals surface area contributed by atoms with E-state index in [1.807, 2.05) is 36.4 Å². The predicted octanol–water partition coefficient (Wildman–Crippen LogP) is 8.76. The monoisotopic (exact) mass is 507 g/mol. The largest absolute Gasteiger partial charge is 0.507 e. The number of nitrogens with zero attached hydrogens (tertiary/aromatic N) is 2. The molecule has 1 aromatic carbocycles. The smallest absolute Gasteiger partial charge is 0.154 e. The standard InChI is InChI=1S/C34H41N3O/c1-26-15-5-4-8-18-28(19-10-9-16-26)27-17-6-2-3-7-21-29(22-12-11-20-27)31-25-32(36-37-34(31)35)30-23-13-14-24-33(30)38/h2-3,6-7,11-14,17,20-26,28,38H,4-5,8-10,15-16,18-19H2,1H3,(H2,35,37)/b3-2?,6-2-,7-3-,12-11?,17-6?,20-11?,21-7?,22-12-,27-17?,27-20?,29-21+,29-22?. The third-order valence-electron chi connectivity index (χ3n) is 7.61. The quantitative estimate of drug-likeness (QED) is 0.435. The molecule has 0 aliphatic heterocycles. The second-order valence-electron chi connectivity index (χ2n) is 10.5. The van der Waals surface area contributed by atoms with Gasteiger partial charge in [-0.2, -0.15) is 0 Å². The molecule has 1 fully saturated rings. The average Bonchev–Trinajstić information content (AvgIpc) is 2.96. The summed E-state index contributed by atoms with van der Waals surface area (Å²) in [6.45, 7) is 2.42. The molecule has 198 valence electrons. The third-order valence-corrected chi connectivity index (χ3v) is 7.61. The summed E-state index contributed by atoms with van der Waals surface area (Å²) in [5, 5.41) is 18.7. The Morgan fingerprint density at radius 2 is 1.42 bits per heavy atom. The minimum Gasteiger partial charge on any atom is -0.507 e. The van der Waals surface area contributed by atoms with E-state index in [1.165, 1.54) is 63.4 Å². The van der Waals surface area contributed by atoms with Gasteiger partial charge in [-0.3, -0.25) is 0 Å². The number of phenolic OH excluding ortho intramolecular Hbond substituents is 1. The van der Waals surface area contributed by atoms with E-state index < -0.39 is 0 Å². The number of aromatic hydroxyl groups is 1. The number of hydrogen-bond acceptors (Lipinski definition) is 4. The number of phenols is 1. The number of hydrogen-bond donors (Lipinski definition) is 2. The van der Waals surface area contributed by atoms with Crippen LogP contribution in [-0.2, 0) is 0 Å². The number of nitrogens with two attached hydrogens (primary N) is 1. The lowest BCUT2D eigenvalue weighted by Gasteiger charge is -2.18. The second-order valence-corrected chi connectivity index (χ2v) is 10.5. The van der Waals surface area contributed by atoms with Gasteiger partial charge >= 0.3 is 0 Å². The van der Waals surface area contributed by atoms with Crippen molar-refractivity contribution in [2.45, 2.75) is 64.7 Å². The second kappa shape index (κ2) is 14.3. The molecule has 0 amide bonds. The van der Waals surface area contributed by atoms with Crippen molar-refractivity contribution < 1.29 is 5.11 Å². The summed E-state index contributed by atoms with van der Waals surface area (Å²) in [5.74, 6) is 1.99. The van der Waals surface area contributed by atoms with Crippen LogP contribution >= 0.6 is 0 Å². The van der Waals surface area contributed by atoms with Crippen LogP contribution in [0.2, 0.25) is 0 Å². The van der Waals surface area contributed by atoms with Crippen molar-refractivity contribution in [2.75, 3.05) is 5.73 Å². The zero-order valence-electron chi connectivity index (χ0n) is 22.6. The van der Waals surface area contributed by atoms with E-state index in [4.69, 9.17) is 5.73 Å². The molecule has 0 spiro atoms. The summed E-state index contributed by atoms with van der Waals surface area (Å²) in [6, 6.07) is 9.02. The van der Waals surface area contributed by atoms with Crippen LogP contribution < -0.4 is 5.73 Å². The van der Waals surface area contributed by atoms with Crippen molar-refractivity contribution in [2.24, 2.45) is 11.8 Å². The lowest BCUT2D eigenvalue weighted by Crippen LogP contribution is -2.03. The number of nitrogen functional groups attached to an aromatic ring is 1.